The van der Waals surface area contributed by atoms with Gasteiger partial charge in [0.05, 0.1) is 19.3 Å². The highest BCUT2D eigenvalue weighted by atomic mass is 79.9. The summed E-state index contributed by atoms with van der Waals surface area (Å²) in [7, 11) is 1.61. The Bertz CT molecular complexity index is 317. The maximum absolute atomic E-state index is 13.3. The molecule has 1 rings (SSSR count). The zero-order chi connectivity index (χ0) is 11.3. The van der Waals surface area contributed by atoms with E-state index < -0.39 is 0 Å². The SMILES string of the molecule is COCC(C)OCc1ccc(Br)cc1F. The molecule has 0 saturated heterocycles. The molecule has 15 heavy (non-hydrogen) atoms. The van der Waals surface area contributed by atoms with Gasteiger partial charge < -0.3 is 9.47 Å². The smallest absolute Gasteiger partial charge is 0.129 e. The fourth-order valence-electron chi connectivity index (χ4n) is 1.15. The molecule has 0 saturated carbocycles. The molecular formula is C11H14BrFO2. The molecule has 0 bridgehead atoms. The molecule has 2 nitrogen and oxygen atoms in total. The van der Waals surface area contributed by atoms with Gasteiger partial charge in [0.2, 0.25) is 0 Å². The maximum atomic E-state index is 13.3. The van der Waals surface area contributed by atoms with Gasteiger partial charge in [0.25, 0.3) is 0 Å². The number of methoxy groups -OCH3 is 1. The second kappa shape index (κ2) is 6.20. The topological polar surface area (TPSA) is 18.5 Å². The third-order valence-corrected chi connectivity index (χ3v) is 2.43. The summed E-state index contributed by atoms with van der Waals surface area (Å²) in [6, 6.07) is 4.93. The van der Waals surface area contributed by atoms with E-state index in [1.165, 1.54) is 6.07 Å². The van der Waals surface area contributed by atoms with Crippen LogP contribution in [0.3, 0.4) is 0 Å². The van der Waals surface area contributed by atoms with Crippen LogP contribution in [0, 0.1) is 5.82 Å². The van der Waals surface area contributed by atoms with Gasteiger partial charge in [-0.25, -0.2) is 4.39 Å². The third kappa shape index (κ3) is 4.28. The minimum Gasteiger partial charge on any atom is -0.382 e. The molecule has 0 amide bonds. The predicted molar refractivity (Wildman–Crippen MR) is 60.2 cm³/mol. The Kier molecular flexibility index (Phi) is 5.22. The zero-order valence-corrected chi connectivity index (χ0v) is 10.4. The highest BCUT2D eigenvalue weighted by Crippen LogP contribution is 2.16. The van der Waals surface area contributed by atoms with Crippen molar-refractivity contribution in [2.24, 2.45) is 0 Å². The van der Waals surface area contributed by atoms with Crippen LogP contribution in [0.25, 0.3) is 0 Å². The number of ether oxygens (including phenoxy) is 2. The minimum absolute atomic E-state index is 0.0296. The number of benzene rings is 1. The Morgan fingerprint density at radius 1 is 1.47 bits per heavy atom. The van der Waals surface area contributed by atoms with E-state index in [1.54, 1.807) is 19.2 Å². The van der Waals surface area contributed by atoms with Crippen molar-refractivity contribution in [2.75, 3.05) is 13.7 Å². The highest BCUT2D eigenvalue weighted by molar-refractivity contribution is 9.10. The molecule has 0 N–H and O–H groups in total. The molecule has 0 spiro atoms. The van der Waals surface area contributed by atoms with Gasteiger partial charge in [-0.3, -0.25) is 0 Å². The molecule has 0 radical (unpaired) electrons. The second-order valence-corrected chi connectivity index (χ2v) is 4.23. The van der Waals surface area contributed by atoms with E-state index in [-0.39, 0.29) is 18.5 Å². The number of hydrogen-bond acceptors (Lipinski definition) is 2. The molecule has 84 valence electrons. The summed E-state index contributed by atoms with van der Waals surface area (Å²) in [6.45, 7) is 2.67. The Balaban J connectivity index is 2.50. The lowest BCUT2D eigenvalue weighted by Gasteiger charge is -2.12. The van der Waals surface area contributed by atoms with Crippen molar-refractivity contribution in [2.45, 2.75) is 19.6 Å². The Hall–Kier alpha value is -0.450. The average Bonchev–Trinajstić information content (AvgIpc) is 2.17. The molecule has 0 aromatic heterocycles. The monoisotopic (exact) mass is 276 g/mol. The van der Waals surface area contributed by atoms with Crippen LogP contribution in [-0.4, -0.2) is 19.8 Å². The number of rotatable bonds is 5. The molecule has 0 aliphatic heterocycles. The minimum atomic E-state index is -0.256. The van der Waals surface area contributed by atoms with Crippen LogP contribution < -0.4 is 0 Å². The van der Waals surface area contributed by atoms with Crippen molar-refractivity contribution in [3.05, 3.63) is 34.1 Å². The second-order valence-electron chi connectivity index (χ2n) is 3.31. The lowest BCUT2D eigenvalue weighted by molar-refractivity contribution is -0.00110. The van der Waals surface area contributed by atoms with Crippen molar-refractivity contribution < 1.29 is 13.9 Å². The van der Waals surface area contributed by atoms with Gasteiger partial charge >= 0.3 is 0 Å². The van der Waals surface area contributed by atoms with Crippen molar-refractivity contribution in [1.82, 2.24) is 0 Å². The van der Waals surface area contributed by atoms with E-state index in [2.05, 4.69) is 15.9 Å². The first kappa shape index (κ1) is 12.6. The quantitative estimate of drug-likeness (QED) is 0.823. The highest BCUT2D eigenvalue weighted by Gasteiger charge is 2.06. The Morgan fingerprint density at radius 3 is 2.80 bits per heavy atom. The van der Waals surface area contributed by atoms with Gasteiger partial charge in [-0.2, -0.15) is 0 Å². The standard InChI is InChI=1S/C11H14BrFO2/c1-8(6-14-2)15-7-9-3-4-10(12)5-11(9)13/h3-5,8H,6-7H2,1-2H3. The van der Waals surface area contributed by atoms with E-state index in [1.807, 2.05) is 6.92 Å². The van der Waals surface area contributed by atoms with Crippen LogP contribution >= 0.6 is 15.9 Å². The van der Waals surface area contributed by atoms with Crippen molar-refractivity contribution in [3.8, 4) is 0 Å². The first-order chi connectivity index (χ1) is 7.13. The number of halogens is 2. The van der Waals surface area contributed by atoms with E-state index in [0.717, 1.165) is 4.47 Å². The molecule has 1 unspecified atom stereocenters. The average molecular weight is 277 g/mol. The first-order valence-corrected chi connectivity index (χ1v) is 5.47. The van der Waals surface area contributed by atoms with Gasteiger partial charge in [0.1, 0.15) is 5.82 Å². The van der Waals surface area contributed by atoms with Gasteiger partial charge in [-0.1, -0.05) is 22.0 Å². The van der Waals surface area contributed by atoms with E-state index in [4.69, 9.17) is 9.47 Å². The molecule has 0 aliphatic carbocycles. The third-order valence-electron chi connectivity index (χ3n) is 1.94. The molecule has 0 heterocycles. The summed E-state index contributed by atoms with van der Waals surface area (Å²) < 4.78 is 24.4. The van der Waals surface area contributed by atoms with Gasteiger partial charge in [0, 0.05) is 17.1 Å². The molecule has 1 aromatic carbocycles. The van der Waals surface area contributed by atoms with E-state index >= 15 is 0 Å². The van der Waals surface area contributed by atoms with Crippen LogP contribution in [0.5, 0.6) is 0 Å². The van der Waals surface area contributed by atoms with E-state index in [9.17, 15) is 4.39 Å². The number of hydrogen-bond donors (Lipinski definition) is 0. The van der Waals surface area contributed by atoms with Crippen LogP contribution in [0.15, 0.2) is 22.7 Å². The molecule has 1 aromatic rings. The van der Waals surface area contributed by atoms with Crippen molar-refractivity contribution >= 4 is 15.9 Å². The van der Waals surface area contributed by atoms with E-state index in [0.29, 0.717) is 12.2 Å². The Labute approximate surface area is 97.5 Å². The normalized spacial score (nSPS) is 12.8. The van der Waals surface area contributed by atoms with Crippen molar-refractivity contribution in [1.29, 1.82) is 0 Å². The van der Waals surface area contributed by atoms with Gasteiger partial charge in [-0.15, -0.1) is 0 Å². The first-order valence-electron chi connectivity index (χ1n) is 4.68. The summed E-state index contributed by atoms with van der Waals surface area (Å²) >= 11 is 3.20. The summed E-state index contributed by atoms with van der Waals surface area (Å²) in [4.78, 5) is 0. The Morgan fingerprint density at radius 2 is 2.20 bits per heavy atom. The van der Waals surface area contributed by atoms with Gasteiger partial charge in [-0.05, 0) is 19.1 Å². The lowest BCUT2D eigenvalue weighted by atomic mass is 10.2. The molecule has 1 atom stereocenters. The summed E-state index contributed by atoms with van der Waals surface area (Å²) in [5, 5.41) is 0. The molecule has 0 aliphatic rings. The summed E-state index contributed by atoms with van der Waals surface area (Å²) in [6.07, 6.45) is -0.0296. The van der Waals surface area contributed by atoms with Crippen molar-refractivity contribution in [3.63, 3.8) is 0 Å². The van der Waals surface area contributed by atoms with Crippen LogP contribution in [-0.2, 0) is 16.1 Å². The van der Waals surface area contributed by atoms with Crippen LogP contribution in [0.1, 0.15) is 12.5 Å². The maximum Gasteiger partial charge on any atom is 0.129 e. The lowest BCUT2D eigenvalue weighted by Crippen LogP contribution is -2.14. The zero-order valence-electron chi connectivity index (χ0n) is 8.80. The fourth-order valence-corrected chi connectivity index (χ4v) is 1.49. The summed E-state index contributed by atoms with van der Waals surface area (Å²) in [5.74, 6) is -0.256. The summed E-state index contributed by atoms with van der Waals surface area (Å²) in [5.41, 5.74) is 0.557. The predicted octanol–water partition coefficient (Wildman–Crippen LogP) is 3.14. The molecule has 4 heteroatoms. The van der Waals surface area contributed by atoms with Crippen LogP contribution in [0.4, 0.5) is 4.39 Å². The van der Waals surface area contributed by atoms with Gasteiger partial charge in [0.15, 0.2) is 0 Å². The molecule has 0 fully saturated rings. The largest absolute Gasteiger partial charge is 0.382 e. The van der Waals surface area contributed by atoms with Crippen LogP contribution in [0.2, 0.25) is 0 Å². The molecular weight excluding hydrogens is 263 g/mol. The fraction of sp³-hybridized carbons (Fsp3) is 0.455.